The average molecular weight is 501 g/mol. The van der Waals surface area contributed by atoms with Crippen molar-refractivity contribution >= 4 is 19.2 Å². The number of benzene rings is 2. The number of allylic oxidation sites excluding steroid dienone is 8. The Morgan fingerprint density at radius 2 is 1.45 bits per heavy atom. The summed E-state index contributed by atoms with van der Waals surface area (Å²) >= 11 is 1.59. The van der Waals surface area contributed by atoms with Gasteiger partial charge in [0, 0.05) is 0 Å². The molecule has 0 fully saturated rings. The van der Waals surface area contributed by atoms with Gasteiger partial charge in [-0.15, -0.1) is 0 Å². The maximum absolute atomic E-state index is 2.55. The first-order chi connectivity index (χ1) is 14.9. The summed E-state index contributed by atoms with van der Waals surface area (Å²) in [6.45, 7) is 11.8. The zero-order chi connectivity index (χ0) is 22.2. The fraction of sp³-hybridized carbons (Fsp3) is 0.310. The molecule has 0 N–H and O–H groups in total. The number of hydrogen-bond acceptors (Lipinski definition) is 0. The Morgan fingerprint density at radius 3 is 1.90 bits per heavy atom. The van der Waals surface area contributed by atoms with Crippen molar-refractivity contribution in [1.82, 2.24) is 0 Å². The van der Waals surface area contributed by atoms with Crippen molar-refractivity contribution in [3.8, 4) is 0 Å². The van der Waals surface area contributed by atoms with Crippen molar-refractivity contribution in [3.05, 3.63) is 103 Å². The Hall–Kier alpha value is -1.50. The van der Waals surface area contributed by atoms with Crippen LogP contribution in [0.5, 0.6) is 0 Å². The molecule has 1 unspecified atom stereocenters. The number of hydrogen-bond donors (Lipinski definition) is 0. The van der Waals surface area contributed by atoms with Gasteiger partial charge in [-0.05, 0) is 0 Å². The first kappa shape index (κ1) is 22.7. The van der Waals surface area contributed by atoms with Gasteiger partial charge in [-0.3, -0.25) is 0 Å². The van der Waals surface area contributed by atoms with E-state index in [1.807, 2.05) is 0 Å². The second-order valence-electron chi connectivity index (χ2n) is 9.32. The van der Waals surface area contributed by atoms with E-state index in [9.17, 15) is 0 Å². The van der Waals surface area contributed by atoms with Crippen LogP contribution in [0.15, 0.2) is 103 Å². The molecule has 1 atom stereocenters. The normalized spacial score (nSPS) is 21.5. The molecule has 0 amide bonds. The van der Waals surface area contributed by atoms with Crippen molar-refractivity contribution in [2.75, 3.05) is 0 Å². The predicted octanol–water partition coefficient (Wildman–Crippen LogP) is 6.17. The Balaban J connectivity index is 1.92. The van der Waals surface area contributed by atoms with Gasteiger partial charge in [0.1, 0.15) is 0 Å². The fourth-order valence-electron chi connectivity index (χ4n) is 5.65. The van der Waals surface area contributed by atoms with Gasteiger partial charge in [0.25, 0.3) is 0 Å². The zero-order valence-electron chi connectivity index (χ0n) is 19.5. The van der Waals surface area contributed by atoms with E-state index in [1.165, 1.54) is 30.4 Å². The summed E-state index contributed by atoms with van der Waals surface area (Å²) < 4.78 is 1.68. The van der Waals surface area contributed by atoms with E-state index in [1.54, 1.807) is 60.3 Å². The molecule has 0 saturated carbocycles. The van der Waals surface area contributed by atoms with Crippen LogP contribution in [0.2, 0.25) is 0 Å². The standard InChI is InChI=1S/C29H33Si.Zr/c1-6-13-26-27(29(5)20-21(2)22(3)23(29)4)18-19-28(26)30(24-14-9-7-10-15-24)25-16-11-8-12-17-25;/h7-12,14-17,20,30H,6,13,19H2,1-5H3;. The Morgan fingerprint density at radius 1 is 0.903 bits per heavy atom. The van der Waals surface area contributed by atoms with E-state index in [0.29, 0.717) is 0 Å². The molecule has 0 spiro atoms. The molecule has 2 aromatic rings. The molecule has 0 aliphatic heterocycles. The molecule has 2 aliphatic carbocycles. The van der Waals surface area contributed by atoms with Gasteiger partial charge < -0.3 is 0 Å². The van der Waals surface area contributed by atoms with Gasteiger partial charge >= 0.3 is 206 Å². The minimum absolute atomic E-state index is 0.0610. The molecular formula is C29H33SiZr. The maximum atomic E-state index is 2.55. The van der Waals surface area contributed by atoms with Gasteiger partial charge in [-0.2, -0.15) is 0 Å². The van der Waals surface area contributed by atoms with Gasteiger partial charge in [0.2, 0.25) is 0 Å². The summed E-state index contributed by atoms with van der Waals surface area (Å²) in [5.41, 5.74) is 7.92. The van der Waals surface area contributed by atoms with Crippen molar-refractivity contribution in [3.63, 3.8) is 0 Å². The SMILES string of the molecule is CCCC1=C([SiH](c2ccccc2)c2ccccc2)C[C]([Zr])=C1C1(C)C=C(C)C(C)=C1C. The Bertz CT molecular complexity index is 1060. The first-order valence-electron chi connectivity index (χ1n) is 11.5. The third-order valence-corrected chi connectivity index (χ3v) is 11.8. The Labute approximate surface area is 205 Å². The quantitative estimate of drug-likeness (QED) is 0.416. The van der Waals surface area contributed by atoms with Crippen molar-refractivity contribution in [1.29, 1.82) is 0 Å². The van der Waals surface area contributed by atoms with Gasteiger partial charge in [-0.1, -0.05) is 0 Å². The van der Waals surface area contributed by atoms with Crippen molar-refractivity contribution < 1.29 is 24.7 Å². The molecule has 0 heterocycles. The van der Waals surface area contributed by atoms with Crippen LogP contribution in [0.3, 0.4) is 0 Å². The van der Waals surface area contributed by atoms with E-state index in [0.717, 1.165) is 0 Å². The van der Waals surface area contributed by atoms with Crippen molar-refractivity contribution in [2.24, 2.45) is 5.41 Å². The molecule has 0 saturated heterocycles. The zero-order valence-corrected chi connectivity index (χ0v) is 23.2. The molecule has 0 bridgehead atoms. The van der Waals surface area contributed by atoms with Crippen LogP contribution < -0.4 is 10.4 Å². The van der Waals surface area contributed by atoms with Crippen LogP contribution in [0.1, 0.15) is 53.9 Å². The fourth-order valence-corrected chi connectivity index (χ4v) is 11.1. The molecule has 0 radical (unpaired) electrons. The molecule has 0 aromatic heterocycles. The third kappa shape index (κ3) is 4.03. The summed E-state index contributed by atoms with van der Waals surface area (Å²) in [7, 11) is -1.48. The van der Waals surface area contributed by atoms with E-state index in [4.69, 9.17) is 0 Å². The van der Waals surface area contributed by atoms with E-state index in [2.05, 4.69) is 101 Å². The van der Waals surface area contributed by atoms with Crippen molar-refractivity contribution in [2.45, 2.75) is 53.9 Å². The second kappa shape index (κ2) is 9.16. The van der Waals surface area contributed by atoms with Gasteiger partial charge in [0.05, 0.1) is 0 Å². The predicted molar refractivity (Wildman–Crippen MR) is 133 cm³/mol. The molecule has 31 heavy (non-hydrogen) atoms. The van der Waals surface area contributed by atoms with E-state index < -0.39 is 8.80 Å². The summed E-state index contributed by atoms with van der Waals surface area (Å²) in [5, 5.41) is 4.87. The molecule has 157 valence electrons. The summed E-state index contributed by atoms with van der Waals surface area (Å²) in [5.74, 6) is 0. The van der Waals surface area contributed by atoms with E-state index in [-0.39, 0.29) is 5.41 Å². The molecule has 2 aromatic carbocycles. The van der Waals surface area contributed by atoms with E-state index >= 15 is 0 Å². The van der Waals surface area contributed by atoms with Crippen LogP contribution in [0.25, 0.3) is 0 Å². The van der Waals surface area contributed by atoms with Crippen LogP contribution in [0, 0.1) is 5.41 Å². The van der Waals surface area contributed by atoms with Gasteiger partial charge in [-0.25, -0.2) is 0 Å². The summed E-state index contributed by atoms with van der Waals surface area (Å²) in [4.78, 5) is 0. The average Bonchev–Trinajstić information content (AvgIpc) is 3.19. The molecule has 4 rings (SSSR count). The number of rotatable bonds is 6. The molecule has 2 aliphatic rings. The second-order valence-corrected chi connectivity index (χ2v) is 13.7. The molecule has 0 nitrogen and oxygen atoms in total. The monoisotopic (exact) mass is 499 g/mol. The first-order valence-corrected chi connectivity index (χ1v) is 14.5. The molecular weight excluding hydrogens is 468 g/mol. The van der Waals surface area contributed by atoms with Gasteiger partial charge in [0.15, 0.2) is 0 Å². The summed E-state index contributed by atoms with van der Waals surface area (Å²) in [6.07, 6.45) is 6.13. The van der Waals surface area contributed by atoms with Crippen LogP contribution >= 0.6 is 0 Å². The van der Waals surface area contributed by atoms with Crippen LogP contribution in [-0.2, 0) is 24.7 Å². The summed E-state index contributed by atoms with van der Waals surface area (Å²) in [6, 6.07) is 22.7. The minimum atomic E-state index is -1.48. The molecule has 2 heteroatoms. The van der Waals surface area contributed by atoms with Crippen LogP contribution in [0.4, 0.5) is 0 Å². The third-order valence-electron chi connectivity index (χ3n) is 7.43. The Kier molecular flexibility index (Phi) is 6.71. The topological polar surface area (TPSA) is 0 Å². The van der Waals surface area contributed by atoms with Crippen LogP contribution in [-0.4, -0.2) is 8.80 Å².